The number of fused-ring (bicyclic) bond motifs is 2. The van der Waals surface area contributed by atoms with Crippen LogP contribution < -0.4 is 0 Å². The maximum atomic E-state index is 9.36. The number of nitrogens with zero attached hydrogens (tertiary/aromatic N) is 1. The first kappa shape index (κ1) is 16.3. The summed E-state index contributed by atoms with van der Waals surface area (Å²) in [6.45, 7) is 0. The van der Waals surface area contributed by atoms with Crippen molar-refractivity contribution in [3.63, 3.8) is 0 Å². The number of nitriles is 1. The summed E-state index contributed by atoms with van der Waals surface area (Å²) in [7, 11) is 0. The molecule has 0 fully saturated rings. The highest BCUT2D eigenvalue weighted by Gasteiger charge is 2.14. The molecule has 5 aromatic carbocycles. The molecule has 28 heavy (non-hydrogen) atoms. The lowest BCUT2D eigenvalue weighted by Gasteiger charge is -2.16. The van der Waals surface area contributed by atoms with Gasteiger partial charge in [-0.25, -0.2) is 0 Å². The van der Waals surface area contributed by atoms with Crippen molar-refractivity contribution < 1.29 is 0 Å². The Morgan fingerprint density at radius 2 is 1.21 bits per heavy atom. The van der Waals surface area contributed by atoms with Crippen molar-refractivity contribution in [3.05, 3.63) is 109 Å². The van der Waals surface area contributed by atoms with Gasteiger partial charge in [0.2, 0.25) is 0 Å². The number of hydrogen-bond donors (Lipinski definition) is 0. The van der Waals surface area contributed by atoms with Gasteiger partial charge < -0.3 is 0 Å². The van der Waals surface area contributed by atoms with Gasteiger partial charge in [-0.15, -0.1) is 0 Å². The Kier molecular flexibility index (Phi) is 3.89. The zero-order chi connectivity index (χ0) is 18.9. The predicted octanol–water partition coefficient (Wildman–Crippen LogP) is 7.20. The number of benzene rings is 5. The van der Waals surface area contributed by atoms with Gasteiger partial charge in [0.25, 0.3) is 0 Å². The summed E-state index contributed by atoms with van der Waals surface area (Å²) in [5.74, 6) is 0. The van der Waals surface area contributed by atoms with Crippen LogP contribution >= 0.6 is 0 Å². The van der Waals surface area contributed by atoms with Crippen LogP contribution in [0.2, 0.25) is 0 Å². The Hall–Kier alpha value is -3.89. The molecule has 0 saturated carbocycles. The Bertz CT molecular complexity index is 1370. The van der Waals surface area contributed by atoms with Gasteiger partial charge in [0.05, 0.1) is 11.6 Å². The minimum absolute atomic E-state index is 0.675. The van der Waals surface area contributed by atoms with Gasteiger partial charge in [0.1, 0.15) is 0 Å². The second-order valence-electron chi connectivity index (χ2n) is 6.93. The van der Waals surface area contributed by atoms with Crippen molar-refractivity contribution in [2.24, 2.45) is 0 Å². The molecule has 0 heterocycles. The van der Waals surface area contributed by atoms with Crippen LogP contribution in [0.5, 0.6) is 0 Å². The SMILES string of the molecule is N#Cc1cccc(-c2ccc3ccccc3c2-c2cccc3ccccc23)c1. The summed E-state index contributed by atoms with van der Waals surface area (Å²) in [5, 5.41) is 14.3. The van der Waals surface area contributed by atoms with Crippen LogP contribution in [0.1, 0.15) is 5.56 Å². The fourth-order valence-electron chi connectivity index (χ4n) is 4.00. The van der Waals surface area contributed by atoms with E-state index in [0.29, 0.717) is 5.56 Å². The number of rotatable bonds is 2. The third-order valence-corrected chi connectivity index (χ3v) is 5.29. The average Bonchev–Trinajstić information content (AvgIpc) is 2.78. The zero-order valence-corrected chi connectivity index (χ0v) is 15.3. The lowest BCUT2D eigenvalue weighted by atomic mass is 9.87. The normalized spacial score (nSPS) is 10.8. The van der Waals surface area contributed by atoms with E-state index in [2.05, 4.69) is 91.0 Å². The lowest BCUT2D eigenvalue weighted by Crippen LogP contribution is -1.90. The monoisotopic (exact) mass is 355 g/mol. The van der Waals surface area contributed by atoms with Gasteiger partial charge in [-0.05, 0) is 55.9 Å². The first-order valence-electron chi connectivity index (χ1n) is 9.35. The van der Waals surface area contributed by atoms with Crippen molar-refractivity contribution in [1.82, 2.24) is 0 Å². The zero-order valence-electron chi connectivity index (χ0n) is 15.3. The quantitative estimate of drug-likeness (QED) is 0.328. The fourth-order valence-corrected chi connectivity index (χ4v) is 4.00. The molecular formula is C27H17N. The molecule has 0 amide bonds. The molecule has 5 rings (SSSR count). The van der Waals surface area contributed by atoms with E-state index in [0.717, 1.165) is 11.1 Å². The number of hydrogen-bond acceptors (Lipinski definition) is 1. The highest BCUT2D eigenvalue weighted by Crippen LogP contribution is 2.41. The van der Waals surface area contributed by atoms with E-state index in [4.69, 9.17) is 0 Å². The van der Waals surface area contributed by atoms with Crippen LogP contribution in [0.4, 0.5) is 0 Å². The van der Waals surface area contributed by atoms with Crippen LogP contribution in [0.3, 0.4) is 0 Å². The topological polar surface area (TPSA) is 23.8 Å². The average molecular weight is 355 g/mol. The molecule has 0 spiro atoms. The van der Waals surface area contributed by atoms with Crippen LogP contribution in [0.15, 0.2) is 103 Å². The van der Waals surface area contributed by atoms with Gasteiger partial charge in [0.15, 0.2) is 0 Å². The van der Waals surface area contributed by atoms with E-state index < -0.39 is 0 Å². The molecule has 1 heteroatoms. The van der Waals surface area contributed by atoms with E-state index in [1.165, 1.54) is 32.7 Å². The minimum Gasteiger partial charge on any atom is -0.192 e. The van der Waals surface area contributed by atoms with E-state index in [1.54, 1.807) is 0 Å². The second kappa shape index (κ2) is 6.68. The highest BCUT2D eigenvalue weighted by atomic mass is 14.2. The summed E-state index contributed by atoms with van der Waals surface area (Å²) in [4.78, 5) is 0. The second-order valence-corrected chi connectivity index (χ2v) is 6.93. The third kappa shape index (κ3) is 2.64. The molecule has 1 nitrogen and oxygen atoms in total. The largest absolute Gasteiger partial charge is 0.192 e. The van der Waals surface area contributed by atoms with Gasteiger partial charge >= 0.3 is 0 Å². The molecule has 130 valence electrons. The molecule has 0 bridgehead atoms. The molecule has 0 aliphatic rings. The van der Waals surface area contributed by atoms with E-state index in [9.17, 15) is 5.26 Å². The first-order chi connectivity index (χ1) is 13.8. The molecule has 0 aliphatic carbocycles. The van der Waals surface area contributed by atoms with Crippen LogP contribution in [0.25, 0.3) is 43.8 Å². The maximum Gasteiger partial charge on any atom is 0.0991 e. The predicted molar refractivity (Wildman–Crippen MR) is 117 cm³/mol. The Morgan fingerprint density at radius 1 is 0.536 bits per heavy atom. The summed E-state index contributed by atoms with van der Waals surface area (Å²) in [5.41, 5.74) is 5.31. The van der Waals surface area contributed by atoms with E-state index >= 15 is 0 Å². The Balaban J connectivity index is 1.92. The van der Waals surface area contributed by atoms with Crippen molar-refractivity contribution in [2.75, 3.05) is 0 Å². The molecule has 0 atom stereocenters. The van der Waals surface area contributed by atoms with Gasteiger partial charge in [-0.3, -0.25) is 0 Å². The van der Waals surface area contributed by atoms with Gasteiger partial charge in [-0.2, -0.15) is 5.26 Å². The van der Waals surface area contributed by atoms with Gasteiger partial charge in [-0.1, -0.05) is 91.0 Å². The summed E-state index contributed by atoms with van der Waals surface area (Å²) >= 11 is 0. The molecule has 0 unspecified atom stereocenters. The summed E-state index contributed by atoms with van der Waals surface area (Å²) in [6.07, 6.45) is 0. The van der Waals surface area contributed by atoms with Crippen molar-refractivity contribution >= 4 is 21.5 Å². The molecule has 0 radical (unpaired) electrons. The Labute approximate surface area is 164 Å². The highest BCUT2D eigenvalue weighted by molar-refractivity contribution is 6.10. The molecule has 0 aromatic heterocycles. The Morgan fingerprint density at radius 3 is 2.04 bits per heavy atom. The maximum absolute atomic E-state index is 9.36. The molecule has 5 aromatic rings. The van der Waals surface area contributed by atoms with Crippen LogP contribution in [0, 0.1) is 11.3 Å². The lowest BCUT2D eigenvalue weighted by molar-refractivity contribution is 1.48. The third-order valence-electron chi connectivity index (χ3n) is 5.29. The summed E-state index contributed by atoms with van der Waals surface area (Å²) < 4.78 is 0. The van der Waals surface area contributed by atoms with E-state index in [-0.39, 0.29) is 0 Å². The fraction of sp³-hybridized carbons (Fsp3) is 0. The van der Waals surface area contributed by atoms with Crippen molar-refractivity contribution in [3.8, 4) is 28.3 Å². The first-order valence-corrected chi connectivity index (χ1v) is 9.35. The summed E-state index contributed by atoms with van der Waals surface area (Å²) in [6, 6.07) is 37.9. The molecule has 0 saturated heterocycles. The van der Waals surface area contributed by atoms with E-state index in [1.807, 2.05) is 18.2 Å². The van der Waals surface area contributed by atoms with Crippen molar-refractivity contribution in [2.45, 2.75) is 0 Å². The minimum atomic E-state index is 0.675. The standard InChI is InChI=1S/C27H17N/c28-18-19-7-5-11-22(17-19)25-16-15-21-9-2-4-13-24(21)27(25)26-14-6-10-20-8-1-3-12-23(20)26/h1-17H. The van der Waals surface area contributed by atoms with Crippen molar-refractivity contribution in [1.29, 1.82) is 5.26 Å². The smallest absolute Gasteiger partial charge is 0.0991 e. The van der Waals surface area contributed by atoms with Gasteiger partial charge in [0, 0.05) is 0 Å². The molecule has 0 N–H and O–H groups in total. The molecule has 0 aliphatic heterocycles. The molecular weight excluding hydrogens is 338 g/mol. The van der Waals surface area contributed by atoms with Crippen LogP contribution in [-0.2, 0) is 0 Å². The van der Waals surface area contributed by atoms with Crippen LogP contribution in [-0.4, -0.2) is 0 Å².